The fraction of sp³-hybridized carbons (Fsp3) is 0.350. The van der Waals surface area contributed by atoms with Crippen molar-refractivity contribution in [3.05, 3.63) is 57.3 Å². The van der Waals surface area contributed by atoms with E-state index in [0.29, 0.717) is 0 Å². The molecule has 2 nitrogen and oxygen atoms in total. The summed E-state index contributed by atoms with van der Waals surface area (Å²) in [6.45, 7) is 6.36. The van der Waals surface area contributed by atoms with Crippen LogP contribution in [0.2, 0.25) is 0 Å². The predicted octanol–water partition coefficient (Wildman–Crippen LogP) is 5.25. The van der Waals surface area contributed by atoms with Crippen LogP contribution in [0, 0.1) is 13.8 Å². The largest absolute Gasteiger partial charge is 0.372 e. The molecule has 120 valence electrons. The van der Waals surface area contributed by atoms with Crippen molar-refractivity contribution in [3.8, 4) is 0 Å². The molecule has 3 rings (SSSR count). The van der Waals surface area contributed by atoms with E-state index in [-0.39, 0.29) is 5.78 Å². The number of rotatable bonds is 4. The molecule has 0 unspecified atom stereocenters. The zero-order chi connectivity index (χ0) is 16.2. The van der Waals surface area contributed by atoms with Crippen molar-refractivity contribution in [1.82, 2.24) is 0 Å². The number of aryl methyl sites for hydroxylation is 2. The van der Waals surface area contributed by atoms with Gasteiger partial charge in [0.05, 0.1) is 0 Å². The number of ketones is 1. The minimum absolute atomic E-state index is 0.0898. The molecular weight excluding hydrogens is 302 g/mol. The fourth-order valence-electron chi connectivity index (χ4n) is 3.09. The second kappa shape index (κ2) is 7.14. The summed E-state index contributed by atoms with van der Waals surface area (Å²) in [4.78, 5) is 17.0. The highest BCUT2D eigenvalue weighted by atomic mass is 32.1. The monoisotopic (exact) mass is 325 g/mol. The summed E-state index contributed by atoms with van der Waals surface area (Å²) in [5.41, 5.74) is 3.19. The first-order valence-electron chi connectivity index (χ1n) is 8.28. The van der Waals surface area contributed by atoms with Crippen LogP contribution in [-0.4, -0.2) is 18.9 Å². The van der Waals surface area contributed by atoms with Crippen molar-refractivity contribution in [2.45, 2.75) is 33.1 Å². The average molecular weight is 325 g/mol. The second-order valence-corrected chi connectivity index (χ2v) is 7.62. The molecule has 0 radical (unpaired) electrons. The molecule has 0 amide bonds. The van der Waals surface area contributed by atoms with E-state index in [2.05, 4.69) is 29.2 Å². The van der Waals surface area contributed by atoms with Crippen LogP contribution in [-0.2, 0) is 0 Å². The number of hydrogen-bond donors (Lipinski definition) is 0. The van der Waals surface area contributed by atoms with Gasteiger partial charge in [-0.2, -0.15) is 0 Å². The van der Waals surface area contributed by atoms with Crippen molar-refractivity contribution in [3.63, 3.8) is 0 Å². The number of anilines is 1. The number of piperidine rings is 1. The third-order valence-corrected chi connectivity index (χ3v) is 5.31. The van der Waals surface area contributed by atoms with Gasteiger partial charge < -0.3 is 4.90 Å². The zero-order valence-corrected chi connectivity index (χ0v) is 14.7. The summed E-state index contributed by atoms with van der Waals surface area (Å²) in [5, 5.41) is 0. The molecule has 0 N–H and O–H groups in total. The number of hydrogen-bond acceptors (Lipinski definition) is 3. The molecule has 3 heteroatoms. The minimum atomic E-state index is 0.0898. The van der Waals surface area contributed by atoms with Crippen LogP contribution in [0.1, 0.15) is 44.9 Å². The van der Waals surface area contributed by atoms with Gasteiger partial charge in [0.2, 0.25) is 0 Å². The van der Waals surface area contributed by atoms with Gasteiger partial charge in [0.1, 0.15) is 0 Å². The lowest BCUT2D eigenvalue weighted by atomic mass is 10.1. The lowest BCUT2D eigenvalue weighted by Crippen LogP contribution is -2.29. The van der Waals surface area contributed by atoms with E-state index < -0.39 is 0 Å². The topological polar surface area (TPSA) is 20.3 Å². The van der Waals surface area contributed by atoms with Gasteiger partial charge in [-0.3, -0.25) is 4.79 Å². The summed E-state index contributed by atoms with van der Waals surface area (Å²) in [5.74, 6) is 0.0898. The quantitative estimate of drug-likeness (QED) is 0.565. The van der Waals surface area contributed by atoms with E-state index in [4.69, 9.17) is 0 Å². The summed E-state index contributed by atoms with van der Waals surface area (Å²) in [6.07, 6.45) is 7.52. The molecule has 0 saturated carbocycles. The van der Waals surface area contributed by atoms with Crippen LogP contribution in [0.5, 0.6) is 0 Å². The third kappa shape index (κ3) is 3.91. The van der Waals surface area contributed by atoms with Gasteiger partial charge in [0.25, 0.3) is 0 Å². The number of carbonyl (C=O) groups is 1. The Balaban J connectivity index is 1.67. The van der Waals surface area contributed by atoms with Gasteiger partial charge in [0.15, 0.2) is 5.78 Å². The van der Waals surface area contributed by atoms with Crippen LogP contribution in [0.15, 0.2) is 36.4 Å². The second-order valence-electron chi connectivity index (χ2n) is 6.16. The molecular formula is C20H23NOS. The predicted molar refractivity (Wildman–Crippen MR) is 99.7 cm³/mol. The van der Waals surface area contributed by atoms with Crippen molar-refractivity contribution < 1.29 is 4.79 Å². The summed E-state index contributed by atoms with van der Waals surface area (Å²) in [6, 6.07) is 10.5. The van der Waals surface area contributed by atoms with Crippen molar-refractivity contribution in [1.29, 1.82) is 0 Å². The molecule has 0 atom stereocenters. The Bertz CT molecular complexity index is 706. The van der Waals surface area contributed by atoms with Gasteiger partial charge in [-0.05, 0) is 62.9 Å². The highest BCUT2D eigenvalue weighted by Crippen LogP contribution is 2.23. The van der Waals surface area contributed by atoms with Crippen LogP contribution in [0.4, 0.5) is 5.69 Å². The molecule has 0 spiro atoms. The molecule has 1 aromatic carbocycles. The Morgan fingerprint density at radius 3 is 2.39 bits per heavy atom. The smallest absolute Gasteiger partial charge is 0.186 e. The molecule has 1 aromatic heterocycles. The number of carbonyl (C=O) groups excluding carboxylic acids is 1. The van der Waals surface area contributed by atoms with E-state index in [1.807, 2.05) is 26.0 Å². The third-order valence-electron chi connectivity index (χ3n) is 4.35. The number of nitrogens with zero attached hydrogens (tertiary/aromatic N) is 1. The van der Waals surface area contributed by atoms with Crippen LogP contribution in [0.3, 0.4) is 0 Å². The highest BCUT2D eigenvalue weighted by Gasteiger charge is 2.11. The summed E-state index contributed by atoms with van der Waals surface area (Å²) >= 11 is 1.68. The molecule has 23 heavy (non-hydrogen) atoms. The fourth-order valence-corrected chi connectivity index (χ4v) is 4.01. The van der Waals surface area contributed by atoms with Crippen LogP contribution in [0.25, 0.3) is 6.08 Å². The lowest BCUT2D eigenvalue weighted by molar-refractivity contribution is 0.104. The first-order chi connectivity index (χ1) is 11.1. The SMILES string of the molecule is Cc1cc(C(=O)/C=C/c2ccc(N3CCCCC3)cc2)c(C)s1. The van der Waals surface area contributed by atoms with Gasteiger partial charge in [-0.1, -0.05) is 18.2 Å². The number of allylic oxidation sites excluding steroid dienone is 1. The van der Waals surface area contributed by atoms with Gasteiger partial charge >= 0.3 is 0 Å². The average Bonchev–Trinajstić information content (AvgIpc) is 2.92. The summed E-state index contributed by atoms with van der Waals surface area (Å²) in [7, 11) is 0. The Labute approximate surface area is 142 Å². The molecule has 1 aliphatic rings. The van der Waals surface area contributed by atoms with Crippen molar-refractivity contribution in [2.24, 2.45) is 0 Å². The highest BCUT2D eigenvalue weighted by molar-refractivity contribution is 7.12. The summed E-state index contributed by atoms with van der Waals surface area (Å²) < 4.78 is 0. The van der Waals surface area contributed by atoms with Crippen LogP contribution >= 0.6 is 11.3 Å². The van der Waals surface area contributed by atoms with Gasteiger partial charge in [-0.15, -0.1) is 11.3 Å². The maximum atomic E-state index is 12.3. The normalized spacial score (nSPS) is 15.3. The van der Waals surface area contributed by atoms with Gasteiger partial charge in [-0.25, -0.2) is 0 Å². The van der Waals surface area contributed by atoms with E-state index in [1.165, 1.54) is 29.8 Å². The molecule has 1 aliphatic heterocycles. The Morgan fingerprint density at radius 2 is 1.78 bits per heavy atom. The van der Waals surface area contributed by atoms with E-state index in [9.17, 15) is 4.79 Å². The van der Waals surface area contributed by atoms with Crippen LogP contribution < -0.4 is 4.90 Å². The van der Waals surface area contributed by atoms with Crippen molar-refractivity contribution >= 4 is 28.9 Å². The molecule has 0 aliphatic carbocycles. The molecule has 1 fully saturated rings. The Kier molecular flexibility index (Phi) is 4.97. The molecule has 2 aromatic rings. The van der Waals surface area contributed by atoms with Gasteiger partial charge in [0, 0.05) is 34.1 Å². The molecule has 1 saturated heterocycles. The zero-order valence-electron chi connectivity index (χ0n) is 13.8. The van der Waals surface area contributed by atoms with E-state index in [0.717, 1.165) is 29.1 Å². The lowest BCUT2D eigenvalue weighted by Gasteiger charge is -2.28. The first-order valence-corrected chi connectivity index (χ1v) is 9.09. The molecule has 2 heterocycles. The standard InChI is InChI=1S/C20H23NOS/c1-15-14-19(16(2)23-15)20(22)11-8-17-6-9-18(10-7-17)21-12-4-3-5-13-21/h6-11,14H,3-5,12-13H2,1-2H3/b11-8+. The van der Waals surface area contributed by atoms with E-state index >= 15 is 0 Å². The number of benzene rings is 1. The molecule has 0 bridgehead atoms. The number of thiophene rings is 1. The minimum Gasteiger partial charge on any atom is -0.372 e. The maximum absolute atomic E-state index is 12.3. The Morgan fingerprint density at radius 1 is 1.09 bits per heavy atom. The van der Waals surface area contributed by atoms with Crippen molar-refractivity contribution in [2.75, 3.05) is 18.0 Å². The van der Waals surface area contributed by atoms with E-state index in [1.54, 1.807) is 17.4 Å². The Hall–Kier alpha value is -1.87. The first kappa shape index (κ1) is 16.0. The maximum Gasteiger partial charge on any atom is 0.186 e.